The molecule has 0 aliphatic heterocycles. The zero-order chi connectivity index (χ0) is 19.6. The standard InChI is InChI=1S/C20H32NO5.Pm/c1-19(2,11-13-21-15-22)25-14-12-20(3,4)26-17-9-7-16(8-10-17)18(23-5)24-6;/h7-10,18H,11-14H2,1-6H3,(H,21,22);/q-1;. The largest absolute Gasteiger partial charge is 0.530 e. The molecular weight excluding hydrogens is 479 g/mol. The fraction of sp³-hybridized carbons (Fsp3) is 0.650. The predicted molar refractivity (Wildman–Crippen MR) is 101 cm³/mol. The van der Waals surface area contributed by atoms with E-state index in [4.69, 9.17) is 18.9 Å². The Bertz CT molecular complexity index is 530. The fourth-order valence-electron chi connectivity index (χ4n) is 2.49. The summed E-state index contributed by atoms with van der Waals surface area (Å²) >= 11 is 0. The summed E-state index contributed by atoms with van der Waals surface area (Å²) in [6.45, 7) is 9.20. The number of nitrogens with one attached hydrogen (secondary N) is 1. The molecule has 7 heteroatoms. The van der Waals surface area contributed by atoms with Crippen molar-refractivity contribution in [1.29, 1.82) is 0 Å². The number of carbonyl (C=O) groups excluding carboxylic acids is 1. The molecule has 0 aromatic heterocycles. The van der Waals surface area contributed by atoms with E-state index in [2.05, 4.69) is 5.32 Å². The molecule has 6 nitrogen and oxygen atoms in total. The zero-order valence-electron chi connectivity index (χ0n) is 17.2. The van der Waals surface area contributed by atoms with Gasteiger partial charge >= 0.3 is 0 Å². The van der Waals surface area contributed by atoms with Crippen molar-refractivity contribution in [2.45, 2.75) is 58.0 Å². The molecule has 0 atom stereocenters. The summed E-state index contributed by atoms with van der Waals surface area (Å²) in [7, 11) is 3.22. The van der Waals surface area contributed by atoms with Gasteiger partial charge in [0.05, 0.1) is 12.2 Å². The third kappa shape index (κ3) is 10.7. The Morgan fingerprint density at radius 3 is 2.11 bits per heavy atom. The normalized spacial score (nSPS) is 11.8. The SMILES string of the molecule is COC(OC)c1ccc(OC(C)(C)CCOC(C)(C)CCN[C-]=O)cc1.[Pm]. The van der Waals surface area contributed by atoms with Gasteiger partial charge in [-0.05, 0) is 52.8 Å². The summed E-state index contributed by atoms with van der Waals surface area (Å²) in [5, 5.41) is 2.54. The van der Waals surface area contributed by atoms with Gasteiger partial charge in [0.2, 0.25) is 0 Å². The smallest absolute Gasteiger partial charge is 0.183 e. The molecule has 1 aromatic carbocycles. The average Bonchev–Trinajstić information content (AvgIpc) is 2.57. The van der Waals surface area contributed by atoms with E-state index in [1.54, 1.807) is 20.6 Å². The van der Waals surface area contributed by atoms with Crippen LogP contribution in [0.15, 0.2) is 24.3 Å². The first kappa shape index (κ1) is 26.7. The second-order valence-electron chi connectivity index (χ2n) is 7.37. The van der Waals surface area contributed by atoms with Gasteiger partial charge in [0.25, 0.3) is 0 Å². The number of hydrogen-bond acceptors (Lipinski definition) is 5. The minimum Gasteiger partial charge on any atom is -0.530 e. The molecule has 0 spiro atoms. The van der Waals surface area contributed by atoms with Crippen molar-refractivity contribution in [3.63, 3.8) is 0 Å². The Morgan fingerprint density at radius 1 is 1.00 bits per heavy atom. The van der Waals surface area contributed by atoms with Crippen LogP contribution in [-0.4, -0.2) is 45.0 Å². The van der Waals surface area contributed by atoms with E-state index in [1.807, 2.05) is 52.0 Å². The van der Waals surface area contributed by atoms with Crippen LogP contribution in [0.25, 0.3) is 0 Å². The molecule has 0 bridgehead atoms. The van der Waals surface area contributed by atoms with Crippen LogP contribution in [0, 0.1) is 40.4 Å². The predicted octanol–water partition coefficient (Wildman–Crippen LogP) is 3.37. The van der Waals surface area contributed by atoms with Gasteiger partial charge < -0.3 is 29.1 Å². The van der Waals surface area contributed by atoms with Crippen molar-refractivity contribution in [2.75, 3.05) is 27.4 Å². The molecule has 153 valence electrons. The Morgan fingerprint density at radius 2 is 1.59 bits per heavy atom. The van der Waals surface area contributed by atoms with E-state index in [1.165, 1.54) is 0 Å². The molecule has 1 radical (unpaired) electrons. The maximum atomic E-state index is 10.2. The molecule has 1 N–H and O–H groups in total. The molecule has 0 saturated carbocycles. The van der Waals surface area contributed by atoms with Crippen LogP contribution < -0.4 is 10.1 Å². The van der Waals surface area contributed by atoms with Gasteiger partial charge in [-0.15, -0.1) is 0 Å². The fourth-order valence-corrected chi connectivity index (χ4v) is 2.49. The second-order valence-corrected chi connectivity index (χ2v) is 7.37. The van der Waals surface area contributed by atoms with Crippen LogP contribution in [-0.2, 0) is 19.0 Å². The van der Waals surface area contributed by atoms with Crippen molar-refractivity contribution in [2.24, 2.45) is 0 Å². The molecule has 0 heterocycles. The first-order chi connectivity index (χ1) is 12.2. The van der Waals surface area contributed by atoms with Gasteiger partial charge in [-0.25, -0.2) is 0 Å². The van der Waals surface area contributed by atoms with E-state index in [9.17, 15) is 4.79 Å². The minimum atomic E-state index is -0.376. The molecule has 27 heavy (non-hydrogen) atoms. The van der Waals surface area contributed by atoms with Gasteiger partial charge in [0.1, 0.15) is 11.4 Å². The van der Waals surface area contributed by atoms with E-state index < -0.39 is 0 Å². The summed E-state index contributed by atoms with van der Waals surface area (Å²) in [6, 6.07) is 7.68. The molecule has 1 rings (SSSR count). The number of ether oxygens (including phenoxy) is 4. The van der Waals surface area contributed by atoms with Crippen LogP contribution >= 0.6 is 0 Å². The van der Waals surface area contributed by atoms with E-state index >= 15 is 0 Å². The average molecular weight is 511 g/mol. The van der Waals surface area contributed by atoms with Crippen LogP contribution in [0.5, 0.6) is 5.75 Å². The van der Waals surface area contributed by atoms with Crippen molar-refractivity contribution in [3.05, 3.63) is 29.8 Å². The quantitative estimate of drug-likeness (QED) is 0.191. The first-order valence-electron chi connectivity index (χ1n) is 8.81. The summed E-state index contributed by atoms with van der Waals surface area (Å²) in [5.74, 6) is 0.787. The summed E-state index contributed by atoms with van der Waals surface area (Å²) in [4.78, 5) is 10.2. The Labute approximate surface area is 195 Å². The maximum absolute atomic E-state index is 10.2. The summed E-state index contributed by atoms with van der Waals surface area (Å²) in [5.41, 5.74) is 0.261. The van der Waals surface area contributed by atoms with Gasteiger partial charge in [-0.1, -0.05) is 12.1 Å². The van der Waals surface area contributed by atoms with Gasteiger partial charge in [-0.3, -0.25) is 0 Å². The summed E-state index contributed by atoms with van der Waals surface area (Å²) < 4.78 is 22.5. The first-order valence-corrected chi connectivity index (χ1v) is 8.81. The molecule has 0 aliphatic carbocycles. The molecule has 0 aliphatic rings. The Kier molecular flexibility index (Phi) is 12.9. The van der Waals surface area contributed by atoms with Crippen LogP contribution in [0.1, 0.15) is 52.4 Å². The molecular formula is C20H32NO5Pm-. The Hall–Kier alpha value is -0.292. The van der Waals surface area contributed by atoms with Crippen molar-refractivity contribution in [1.82, 2.24) is 5.32 Å². The molecule has 0 saturated heterocycles. The number of methoxy groups -OCH3 is 2. The van der Waals surface area contributed by atoms with Gasteiger partial charge in [-0.2, -0.15) is 6.41 Å². The molecule has 1 aromatic rings. The van der Waals surface area contributed by atoms with Crippen LogP contribution in [0.3, 0.4) is 0 Å². The zero-order valence-corrected chi connectivity index (χ0v) is 20.1. The van der Waals surface area contributed by atoms with Gasteiger partial charge in [0.15, 0.2) is 6.29 Å². The van der Waals surface area contributed by atoms with Crippen molar-refractivity contribution < 1.29 is 64.1 Å². The van der Waals surface area contributed by atoms with E-state index in [0.717, 1.165) is 24.2 Å². The third-order valence-electron chi connectivity index (χ3n) is 4.10. The number of hydrogen-bond donors (Lipinski definition) is 1. The molecule has 1 amide bonds. The van der Waals surface area contributed by atoms with Crippen molar-refractivity contribution >= 4 is 6.41 Å². The van der Waals surface area contributed by atoms with Gasteiger partial charge in [0, 0.05) is 66.6 Å². The topological polar surface area (TPSA) is 66.0 Å². The summed E-state index contributed by atoms with van der Waals surface area (Å²) in [6.07, 6.45) is 2.77. The Balaban J connectivity index is 0.00000676. The monoisotopic (exact) mass is 511 g/mol. The minimum absolute atomic E-state index is 0. The van der Waals surface area contributed by atoms with Crippen LogP contribution in [0.2, 0.25) is 0 Å². The third-order valence-corrected chi connectivity index (χ3v) is 4.10. The molecule has 0 unspecified atom stereocenters. The van der Waals surface area contributed by atoms with E-state index in [0.29, 0.717) is 13.2 Å². The van der Waals surface area contributed by atoms with Crippen LogP contribution in [0.4, 0.5) is 0 Å². The van der Waals surface area contributed by atoms with E-state index in [-0.39, 0.29) is 57.9 Å². The number of benzene rings is 1. The number of amides is 1. The van der Waals surface area contributed by atoms with Crippen molar-refractivity contribution in [3.8, 4) is 5.75 Å². The second kappa shape index (κ2) is 13.0. The maximum Gasteiger partial charge on any atom is 0.183 e. The number of rotatable bonds is 13. The molecule has 0 fully saturated rings.